The zero-order chi connectivity index (χ0) is 18.4. The second kappa shape index (κ2) is 8.63. The second-order valence-electron chi connectivity index (χ2n) is 6.11. The number of rotatable bonds is 6. The number of hydrogen-bond donors (Lipinski definition) is 0. The van der Waals surface area contributed by atoms with Gasteiger partial charge in [0, 0.05) is 11.1 Å². The van der Waals surface area contributed by atoms with Gasteiger partial charge in [-0.2, -0.15) is 0 Å². The standard InChI is InChI=1S/C22H22O2S/c1-15-5-7-19(17(3)13-15)21(23)9-11-25-12-10-22(24)20-8-6-16(2)14-18(20)4/h5-14H,1-4H3. The van der Waals surface area contributed by atoms with E-state index >= 15 is 0 Å². The highest BCUT2D eigenvalue weighted by Gasteiger charge is 2.06. The van der Waals surface area contributed by atoms with Gasteiger partial charge in [0.15, 0.2) is 11.6 Å². The molecule has 0 heterocycles. The summed E-state index contributed by atoms with van der Waals surface area (Å²) in [5.41, 5.74) is 5.64. The van der Waals surface area contributed by atoms with Crippen LogP contribution in [0.2, 0.25) is 0 Å². The van der Waals surface area contributed by atoms with Crippen molar-refractivity contribution in [2.75, 3.05) is 0 Å². The molecule has 3 heteroatoms. The number of carbonyl (C=O) groups is 2. The number of hydrogen-bond acceptors (Lipinski definition) is 3. The molecule has 0 saturated heterocycles. The van der Waals surface area contributed by atoms with Gasteiger partial charge < -0.3 is 0 Å². The molecule has 0 aliphatic rings. The maximum Gasteiger partial charge on any atom is 0.186 e. The highest BCUT2D eigenvalue weighted by Crippen LogP contribution is 2.15. The molecule has 128 valence electrons. The van der Waals surface area contributed by atoms with Crippen LogP contribution < -0.4 is 0 Å². The highest BCUT2D eigenvalue weighted by molar-refractivity contribution is 8.04. The monoisotopic (exact) mass is 350 g/mol. The van der Waals surface area contributed by atoms with Crippen LogP contribution in [0.15, 0.2) is 59.4 Å². The van der Waals surface area contributed by atoms with Crippen LogP contribution in [-0.4, -0.2) is 11.6 Å². The van der Waals surface area contributed by atoms with Crippen LogP contribution in [0.3, 0.4) is 0 Å². The van der Waals surface area contributed by atoms with Crippen LogP contribution >= 0.6 is 11.8 Å². The smallest absolute Gasteiger partial charge is 0.186 e. The van der Waals surface area contributed by atoms with Gasteiger partial charge in [0.2, 0.25) is 0 Å². The van der Waals surface area contributed by atoms with Crippen LogP contribution in [0.25, 0.3) is 0 Å². The minimum Gasteiger partial charge on any atom is -0.289 e. The quantitative estimate of drug-likeness (QED) is 0.491. The Hall–Kier alpha value is -2.39. The fourth-order valence-corrected chi connectivity index (χ4v) is 3.10. The Bertz CT molecular complexity index is 789. The molecule has 0 bridgehead atoms. The largest absolute Gasteiger partial charge is 0.289 e. The molecule has 0 N–H and O–H groups in total. The summed E-state index contributed by atoms with van der Waals surface area (Å²) in [5.74, 6) is -0.0572. The lowest BCUT2D eigenvalue weighted by Crippen LogP contribution is -1.98. The molecule has 0 aliphatic heterocycles. The van der Waals surface area contributed by atoms with E-state index in [0.29, 0.717) is 11.1 Å². The van der Waals surface area contributed by atoms with E-state index in [1.54, 1.807) is 10.8 Å². The molecular weight excluding hydrogens is 328 g/mol. The fraction of sp³-hybridized carbons (Fsp3) is 0.182. The van der Waals surface area contributed by atoms with E-state index in [0.717, 1.165) is 22.3 Å². The van der Waals surface area contributed by atoms with Gasteiger partial charge in [0.1, 0.15) is 0 Å². The Labute approximate surface area is 153 Å². The molecule has 2 rings (SSSR count). The van der Waals surface area contributed by atoms with E-state index in [9.17, 15) is 9.59 Å². The number of ketones is 2. The lowest BCUT2D eigenvalue weighted by Gasteiger charge is -2.03. The molecule has 0 amide bonds. The van der Waals surface area contributed by atoms with E-state index in [1.165, 1.54) is 23.9 Å². The van der Waals surface area contributed by atoms with Crippen molar-refractivity contribution < 1.29 is 9.59 Å². The molecule has 0 spiro atoms. The van der Waals surface area contributed by atoms with Crippen molar-refractivity contribution >= 4 is 23.3 Å². The van der Waals surface area contributed by atoms with Crippen LogP contribution in [-0.2, 0) is 0 Å². The van der Waals surface area contributed by atoms with Crippen molar-refractivity contribution in [1.82, 2.24) is 0 Å². The van der Waals surface area contributed by atoms with Gasteiger partial charge in [-0.25, -0.2) is 0 Å². The number of allylic oxidation sites excluding steroid dienone is 2. The van der Waals surface area contributed by atoms with Gasteiger partial charge in [-0.3, -0.25) is 9.59 Å². The Morgan fingerprint density at radius 1 is 0.720 bits per heavy atom. The van der Waals surface area contributed by atoms with Gasteiger partial charge in [-0.15, -0.1) is 11.8 Å². The molecule has 25 heavy (non-hydrogen) atoms. The Balaban J connectivity index is 1.95. The number of carbonyl (C=O) groups excluding carboxylic acids is 2. The topological polar surface area (TPSA) is 34.1 Å². The number of benzene rings is 2. The fourth-order valence-electron chi connectivity index (χ4n) is 2.61. The zero-order valence-electron chi connectivity index (χ0n) is 15.0. The van der Waals surface area contributed by atoms with Crippen molar-refractivity contribution in [2.45, 2.75) is 27.7 Å². The maximum atomic E-state index is 12.2. The van der Waals surface area contributed by atoms with Crippen molar-refractivity contribution in [2.24, 2.45) is 0 Å². The first-order valence-electron chi connectivity index (χ1n) is 8.10. The molecule has 0 fully saturated rings. The first kappa shape index (κ1) is 18.9. The summed E-state index contributed by atoms with van der Waals surface area (Å²) in [5, 5.41) is 3.40. The van der Waals surface area contributed by atoms with E-state index < -0.39 is 0 Å². The molecular formula is C22H22O2S. The summed E-state index contributed by atoms with van der Waals surface area (Å²) < 4.78 is 0. The third kappa shape index (κ3) is 5.30. The Morgan fingerprint density at radius 2 is 1.12 bits per heavy atom. The SMILES string of the molecule is Cc1ccc(C(=O)C=CSC=CC(=O)c2ccc(C)cc2C)c(C)c1. The molecule has 0 saturated carbocycles. The molecule has 0 atom stereocenters. The minimum absolute atomic E-state index is 0.0286. The molecule has 0 aromatic heterocycles. The van der Waals surface area contributed by atoms with E-state index in [2.05, 4.69) is 0 Å². The number of aryl methyl sites for hydroxylation is 4. The summed E-state index contributed by atoms with van der Waals surface area (Å²) >= 11 is 1.31. The molecule has 0 radical (unpaired) electrons. The second-order valence-corrected chi connectivity index (χ2v) is 6.92. The molecule has 2 aromatic carbocycles. The third-order valence-corrected chi connectivity index (χ3v) is 4.48. The zero-order valence-corrected chi connectivity index (χ0v) is 15.8. The maximum absolute atomic E-state index is 12.2. The summed E-state index contributed by atoms with van der Waals surface area (Å²) in [4.78, 5) is 24.4. The molecule has 2 aromatic rings. The van der Waals surface area contributed by atoms with Gasteiger partial charge in [0.05, 0.1) is 0 Å². The molecule has 0 unspecified atom stereocenters. The average Bonchev–Trinajstić information content (AvgIpc) is 2.54. The van der Waals surface area contributed by atoms with Crippen LogP contribution in [0, 0.1) is 27.7 Å². The predicted octanol–water partition coefficient (Wildman–Crippen LogP) is 5.75. The Morgan fingerprint density at radius 3 is 1.48 bits per heavy atom. The normalized spacial score (nSPS) is 11.4. The van der Waals surface area contributed by atoms with Gasteiger partial charge in [-0.05, 0) is 61.8 Å². The summed E-state index contributed by atoms with van der Waals surface area (Å²) in [6, 6.07) is 11.6. The summed E-state index contributed by atoms with van der Waals surface area (Å²) in [7, 11) is 0. The lowest BCUT2D eigenvalue weighted by atomic mass is 10.0. The van der Waals surface area contributed by atoms with Gasteiger partial charge in [-0.1, -0.05) is 47.5 Å². The minimum atomic E-state index is -0.0286. The van der Waals surface area contributed by atoms with Gasteiger partial charge in [0.25, 0.3) is 0 Å². The van der Waals surface area contributed by atoms with Crippen LogP contribution in [0.1, 0.15) is 43.0 Å². The average molecular weight is 350 g/mol. The lowest BCUT2D eigenvalue weighted by molar-refractivity contribution is 0.103. The van der Waals surface area contributed by atoms with E-state index in [1.807, 2.05) is 64.1 Å². The van der Waals surface area contributed by atoms with Crippen molar-refractivity contribution in [3.05, 3.63) is 92.7 Å². The summed E-state index contributed by atoms with van der Waals surface area (Å²) in [6.07, 6.45) is 3.07. The first-order valence-corrected chi connectivity index (χ1v) is 9.04. The summed E-state index contributed by atoms with van der Waals surface area (Å²) in [6.45, 7) is 7.88. The predicted molar refractivity (Wildman–Crippen MR) is 106 cm³/mol. The molecule has 2 nitrogen and oxygen atoms in total. The van der Waals surface area contributed by atoms with Crippen LogP contribution in [0.5, 0.6) is 0 Å². The van der Waals surface area contributed by atoms with Crippen molar-refractivity contribution in [3.63, 3.8) is 0 Å². The highest BCUT2D eigenvalue weighted by atomic mass is 32.2. The van der Waals surface area contributed by atoms with Crippen molar-refractivity contribution in [3.8, 4) is 0 Å². The van der Waals surface area contributed by atoms with Crippen LogP contribution in [0.4, 0.5) is 0 Å². The Kier molecular flexibility index (Phi) is 6.54. The van der Waals surface area contributed by atoms with E-state index in [-0.39, 0.29) is 11.6 Å². The number of thioether (sulfide) groups is 1. The van der Waals surface area contributed by atoms with Gasteiger partial charge >= 0.3 is 0 Å². The van der Waals surface area contributed by atoms with E-state index in [4.69, 9.17) is 0 Å². The van der Waals surface area contributed by atoms with Crippen molar-refractivity contribution in [1.29, 1.82) is 0 Å². The molecule has 0 aliphatic carbocycles. The first-order chi connectivity index (χ1) is 11.9. The third-order valence-electron chi connectivity index (χ3n) is 3.89.